The van der Waals surface area contributed by atoms with Gasteiger partial charge in [0.1, 0.15) is 17.7 Å². The highest BCUT2D eigenvalue weighted by Crippen LogP contribution is 2.39. The summed E-state index contributed by atoms with van der Waals surface area (Å²) in [6.07, 6.45) is -2.07. The van der Waals surface area contributed by atoms with Gasteiger partial charge in [-0.3, -0.25) is 0 Å². The van der Waals surface area contributed by atoms with Gasteiger partial charge in [-0.2, -0.15) is 18.4 Å². The molecule has 2 heterocycles. The standard InChI is InChI=1S/C15H16F3N5.H2/c1-8(15(16,17)18)4-11-13(20)22-7-14(11,3)12-10(5-19)6-21-9(2)23-12;/h4,6,22H,7,20H2,1-3H3;1H/b8-4+;. The number of hydrogen-bond acceptors (Lipinski definition) is 5. The topological polar surface area (TPSA) is 87.6 Å². The van der Waals surface area contributed by atoms with Gasteiger partial charge in [0, 0.05) is 25.3 Å². The second kappa shape index (κ2) is 5.57. The van der Waals surface area contributed by atoms with Crippen LogP contribution in [-0.4, -0.2) is 22.7 Å². The fourth-order valence-electron chi connectivity index (χ4n) is 2.48. The Bertz CT molecular complexity index is 748. The van der Waals surface area contributed by atoms with E-state index in [0.717, 1.165) is 13.0 Å². The molecular weight excluding hydrogens is 307 g/mol. The van der Waals surface area contributed by atoms with Crippen molar-refractivity contribution in [2.24, 2.45) is 5.73 Å². The summed E-state index contributed by atoms with van der Waals surface area (Å²) in [6.45, 7) is 4.59. The first-order chi connectivity index (χ1) is 10.6. The fourth-order valence-corrected chi connectivity index (χ4v) is 2.48. The van der Waals surface area contributed by atoms with Crippen molar-refractivity contribution in [2.45, 2.75) is 32.4 Å². The largest absolute Gasteiger partial charge is 0.412 e. The van der Waals surface area contributed by atoms with E-state index < -0.39 is 17.2 Å². The van der Waals surface area contributed by atoms with Crippen LogP contribution < -0.4 is 11.1 Å². The predicted molar refractivity (Wildman–Crippen MR) is 80.0 cm³/mol. The van der Waals surface area contributed by atoms with Crippen molar-refractivity contribution in [1.29, 1.82) is 5.26 Å². The molecule has 2 rings (SSSR count). The fraction of sp³-hybridized carbons (Fsp3) is 0.400. The molecule has 0 saturated carbocycles. The van der Waals surface area contributed by atoms with Crippen molar-refractivity contribution < 1.29 is 14.6 Å². The molecule has 5 nitrogen and oxygen atoms in total. The minimum absolute atomic E-state index is 0. The summed E-state index contributed by atoms with van der Waals surface area (Å²) in [5, 5.41) is 12.1. The molecule has 1 unspecified atom stereocenters. The van der Waals surface area contributed by atoms with E-state index in [1.165, 1.54) is 6.20 Å². The van der Waals surface area contributed by atoms with Gasteiger partial charge in [-0.15, -0.1) is 0 Å². The SMILES string of the molecule is C/C(=C\C1=C(N)NCC1(C)c1nc(C)ncc1C#N)C(F)(F)F.[HH]. The highest BCUT2D eigenvalue weighted by molar-refractivity contribution is 5.50. The number of allylic oxidation sites excluding steroid dienone is 2. The van der Waals surface area contributed by atoms with Crippen molar-refractivity contribution in [2.75, 3.05) is 6.54 Å². The van der Waals surface area contributed by atoms with Crippen molar-refractivity contribution in [3.63, 3.8) is 0 Å². The smallest absolute Gasteiger partial charge is 0.385 e. The third-order valence-electron chi connectivity index (χ3n) is 3.88. The average Bonchev–Trinajstić information content (AvgIpc) is 2.75. The van der Waals surface area contributed by atoms with Crippen LogP contribution in [0.4, 0.5) is 13.2 Å². The number of aryl methyl sites for hydroxylation is 1. The van der Waals surface area contributed by atoms with Gasteiger partial charge in [0.2, 0.25) is 0 Å². The molecule has 0 fully saturated rings. The first kappa shape index (κ1) is 16.8. The number of nitrogens with two attached hydrogens (primary N) is 1. The second-order valence-electron chi connectivity index (χ2n) is 5.63. The van der Waals surface area contributed by atoms with E-state index in [2.05, 4.69) is 15.3 Å². The third kappa shape index (κ3) is 2.99. The van der Waals surface area contributed by atoms with Crippen molar-refractivity contribution in [1.82, 2.24) is 15.3 Å². The van der Waals surface area contributed by atoms with E-state index in [1.54, 1.807) is 13.8 Å². The van der Waals surface area contributed by atoms with E-state index in [0.29, 0.717) is 11.5 Å². The van der Waals surface area contributed by atoms with E-state index in [-0.39, 0.29) is 24.9 Å². The third-order valence-corrected chi connectivity index (χ3v) is 3.88. The zero-order valence-electron chi connectivity index (χ0n) is 12.9. The van der Waals surface area contributed by atoms with Crippen molar-refractivity contribution >= 4 is 0 Å². The van der Waals surface area contributed by atoms with Gasteiger partial charge >= 0.3 is 6.18 Å². The first-order valence-electron chi connectivity index (χ1n) is 6.83. The molecule has 0 aliphatic carbocycles. The minimum atomic E-state index is -4.45. The van der Waals surface area contributed by atoms with E-state index in [9.17, 15) is 18.4 Å². The lowest BCUT2D eigenvalue weighted by Crippen LogP contribution is -2.31. The van der Waals surface area contributed by atoms with E-state index in [1.807, 2.05) is 6.07 Å². The van der Waals surface area contributed by atoms with Gasteiger partial charge < -0.3 is 11.1 Å². The molecule has 3 N–H and O–H groups in total. The van der Waals surface area contributed by atoms with Crippen LogP contribution in [0.1, 0.15) is 32.4 Å². The van der Waals surface area contributed by atoms with Crippen LogP contribution in [0.5, 0.6) is 0 Å². The number of alkyl halides is 3. The highest BCUT2D eigenvalue weighted by Gasteiger charge is 2.41. The van der Waals surface area contributed by atoms with Gasteiger partial charge in [-0.05, 0) is 26.8 Å². The highest BCUT2D eigenvalue weighted by atomic mass is 19.4. The Balaban J connectivity index is 0.00000288. The van der Waals surface area contributed by atoms with Crippen LogP contribution in [0.2, 0.25) is 0 Å². The molecule has 0 saturated heterocycles. The summed E-state index contributed by atoms with van der Waals surface area (Å²) in [6, 6.07) is 1.98. The number of nitriles is 1. The van der Waals surface area contributed by atoms with E-state index in [4.69, 9.17) is 5.73 Å². The van der Waals surface area contributed by atoms with Crippen molar-refractivity contribution in [3.8, 4) is 6.07 Å². The Kier molecular flexibility index (Phi) is 4.07. The lowest BCUT2D eigenvalue weighted by Gasteiger charge is -2.26. The number of rotatable bonds is 2. The van der Waals surface area contributed by atoms with Gasteiger partial charge in [0.15, 0.2) is 0 Å². The second-order valence-corrected chi connectivity index (χ2v) is 5.63. The molecule has 1 aliphatic heterocycles. The van der Waals surface area contributed by atoms with Crippen LogP contribution in [-0.2, 0) is 5.41 Å². The normalized spacial score (nSPS) is 22.0. The summed E-state index contributed by atoms with van der Waals surface area (Å²) in [7, 11) is 0. The maximum Gasteiger partial charge on any atom is 0.412 e. The number of nitrogens with one attached hydrogen (secondary N) is 1. The molecule has 0 spiro atoms. The molecule has 8 heteroatoms. The molecule has 1 aromatic heterocycles. The average molecular weight is 325 g/mol. The Morgan fingerprint density at radius 1 is 1.57 bits per heavy atom. The molecule has 124 valence electrons. The van der Waals surface area contributed by atoms with Gasteiger partial charge in [0.05, 0.1) is 16.7 Å². The molecule has 1 aromatic rings. The summed E-state index contributed by atoms with van der Waals surface area (Å²) in [5.74, 6) is 0.581. The molecule has 0 radical (unpaired) electrons. The number of hydrogen-bond donors (Lipinski definition) is 2. The summed E-state index contributed by atoms with van der Waals surface area (Å²) in [4.78, 5) is 8.24. The molecule has 23 heavy (non-hydrogen) atoms. The first-order valence-corrected chi connectivity index (χ1v) is 6.83. The Hall–Kier alpha value is -2.56. The lowest BCUT2D eigenvalue weighted by atomic mass is 9.78. The van der Waals surface area contributed by atoms with Gasteiger partial charge in [0.25, 0.3) is 0 Å². The number of aromatic nitrogens is 2. The number of halogens is 3. The van der Waals surface area contributed by atoms with Crippen molar-refractivity contribution in [3.05, 3.63) is 46.3 Å². The van der Waals surface area contributed by atoms with Gasteiger partial charge in [-0.25, -0.2) is 9.97 Å². The monoisotopic (exact) mass is 325 g/mol. The predicted octanol–water partition coefficient (Wildman–Crippen LogP) is 2.44. The molecular formula is C15H18F3N5. The lowest BCUT2D eigenvalue weighted by molar-refractivity contribution is -0.0913. The van der Waals surface area contributed by atoms with Crippen LogP contribution >= 0.6 is 0 Å². The molecule has 0 bridgehead atoms. The summed E-state index contributed by atoms with van der Waals surface area (Å²) >= 11 is 0. The van der Waals surface area contributed by atoms with Crippen LogP contribution in [0, 0.1) is 18.3 Å². The quantitative estimate of drug-likeness (QED) is 0.872. The zero-order chi connectivity index (χ0) is 17.4. The maximum atomic E-state index is 12.9. The Labute approximate surface area is 133 Å². The van der Waals surface area contributed by atoms with Crippen LogP contribution in [0.25, 0.3) is 0 Å². The van der Waals surface area contributed by atoms with Crippen LogP contribution in [0.15, 0.2) is 29.2 Å². The molecule has 1 aliphatic rings. The van der Waals surface area contributed by atoms with Crippen LogP contribution in [0.3, 0.4) is 0 Å². The summed E-state index contributed by atoms with van der Waals surface area (Å²) < 4.78 is 38.6. The molecule has 0 aromatic carbocycles. The van der Waals surface area contributed by atoms with Gasteiger partial charge in [-0.1, -0.05) is 0 Å². The summed E-state index contributed by atoms with van der Waals surface area (Å²) in [5.41, 5.74) is 4.97. The Morgan fingerprint density at radius 2 is 2.22 bits per heavy atom. The minimum Gasteiger partial charge on any atom is -0.385 e. The number of nitrogens with zero attached hydrogens (tertiary/aromatic N) is 3. The molecule has 1 atom stereocenters. The van der Waals surface area contributed by atoms with E-state index >= 15 is 0 Å². The zero-order valence-corrected chi connectivity index (χ0v) is 12.9. The maximum absolute atomic E-state index is 12.9. The molecule has 0 amide bonds. The Morgan fingerprint density at radius 3 is 2.78 bits per heavy atom.